The van der Waals surface area contributed by atoms with E-state index in [0.29, 0.717) is 11.4 Å². The molecule has 1 atom stereocenters. The largest absolute Gasteiger partial charge is 0.507 e. The summed E-state index contributed by atoms with van der Waals surface area (Å²) in [5, 5.41) is 13.4. The summed E-state index contributed by atoms with van der Waals surface area (Å²) in [7, 11) is 2.84. The van der Waals surface area contributed by atoms with Gasteiger partial charge in [-0.3, -0.25) is 14.5 Å². The summed E-state index contributed by atoms with van der Waals surface area (Å²) in [6.45, 7) is 0. The smallest absolute Gasteiger partial charge is 0.300 e. The lowest BCUT2D eigenvalue weighted by atomic mass is 9.98. The Balaban J connectivity index is 1.78. The van der Waals surface area contributed by atoms with Crippen molar-refractivity contribution in [3.8, 4) is 11.5 Å². The molecule has 1 aromatic heterocycles. The summed E-state index contributed by atoms with van der Waals surface area (Å²) in [5.74, 6) is -1.27. The topological polar surface area (TPSA) is 89.2 Å². The number of nitrogens with zero attached hydrogens (tertiary/aromatic N) is 1. The van der Waals surface area contributed by atoms with Gasteiger partial charge in [0.1, 0.15) is 29.1 Å². The van der Waals surface area contributed by atoms with Gasteiger partial charge >= 0.3 is 0 Å². The number of methoxy groups -OCH3 is 2. The molecule has 0 spiro atoms. The third-order valence-corrected chi connectivity index (χ3v) is 6.31. The molecule has 7 nitrogen and oxygen atoms in total. The molecule has 4 aromatic rings. The van der Waals surface area contributed by atoms with Crippen molar-refractivity contribution in [2.45, 2.75) is 6.04 Å². The molecule has 3 aromatic carbocycles. The van der Waals surface area contributed by atoms with E-state index in [1.54, 1.807) is 18.2 Å². The maximum atomic E-state index is 13.4. The molecule has 1 amide bonds. The lowest BCUT2D eigenvalue weighted by Gasteiger charge is -2.25. The first-order valence-electron chi connectivity index (χ1n) is 10.7. The summed E-state index contributed by atoms with van der Waals surface area (Å²) in [6, 6.07) is 18.3. The molecule has 1 fully saturated rings. The van der Waals surface area contributed by atoms with Gasteiger partial charge in [0.05, 0.1) is 42.3 Å². The summed E-state index contributed by atoms with van der Waals surface area (Å²) in [5.41, 5.74) is 0.535. The summed E-state index contributed by atoms with van der Waals surface area (Å²) in [6.07, 6.45) is 1.45. The van der Waals surface area contributed by atoms with Crippen LogP contribution < -0.4 is 14.4 Å². The average molecular weight is 490 g/mol. The fourth-order valence-electron chi connectivity index (χ4n) is 4.41. The number of carbonyl (C=O) groups excluding carboxylic acids is 2. The van der Waals surface area contributed by atoms with Crippen molar-refractivity contribution in [2.75, 3.05) is 19.1 Å². The number of anilines is 1. The van der Waals surface area contributed by atoms with Crippen LogP contribution in [0.5, 0.6) is 11.5 Å². The molecule has 0 saturated carbocycles. The van der Waals surface area contributed by atoms with Crippen LogP contribution in [0, 0.1) is 0 Å². The van der Waals surface area contributed by atoms with Gasteiger partial charge in [0.2, 0.25) is 0 Å². The molecule has 1 aliphatic heterocycles. The van der Waals surface area contributed by atoms with Crippen molar-refractivity contribution in [2.24, 2.45) is 0 Å². The molecular weight excluding hydrogens is 470 g/mol. The van der Waals surface area contributed by atoms with Crippen LogP contribution in [0.15, 0.2) is 83.0 Å². The van der Waals surface area contributed by atoms with Gasteiger partial charge in [0.15, 0.2) is 0 Å². The maximum absolute atomic E-state index is 13.4. The van der Waals surface area contributed by atoms with Crippen LogP contribution in [0.25, 0.3) is 16.5 Å². The van der Waals surface area contributed by atoms with Gasteiger partial charge in [-0.25, -0.2) is 0 Å². The zero-order valence-corrected chi connectivity index (χ0v) is 19.6. The second kappa shape index (κ2) is 8.85. The van der Waals surface area contributed by atoms with Crippen molar-refractivity contribution in [1.29, 1.82) is 0 Å². The molecule has 8 heteroatoms. The first-order valence-corrected chi connectivity index (χ1v) is 11.1. The number of hydrogen-bond donors (Lipinski definition) is 1. The SMILES string of the molecule is COc1cc(/C(O)=C2\C(=O)C(=O)N(c3cccc4ccccc34)C2c2ccco2)c(OC)cc1Cl. The van der Waals surface area contributed by atoms with E-state index in [4.69, 9.17) is 25.5 Å². The Morgan fingerprint density at radius 1 is 0.971 bits per heavy atom. The second-order valence-electron chi connectivity index (χ2n) is 7.87. The molecule has 35 heavy (non-hydrogen) atoms. The number of ether oxygens (including phenoxy) is 2. The van der Waals surface area contributed by atoms with Crippen molar-refractivity contribution in [3.05, 3.63) is 94.9 Å². The van der Waals surface area contributed by atoms with Crippen LogP contribution in [0.3, 0.4) is 0 Å². The van der Waals surface area contributed by atoms with E-state index in [1.807, 2.05) is 36.4 Å². The Labute approximate surface area is 205 Å². The highest BCUT2D eigenvalue weighted by Gasteiger charge is 2.49. The third-order valence-electron chi connectivity index (χ3n) is 6.01. The fraction of sp³-hybridized carbons (Fsp3) is 0.111. The Morgan fingerprint density at radius 2 is 1.71 bits per heavy atom. The first kappa shape index (κ1) is 22.6. The zero-order chi connectivity index (χ0) is 24.7. The molecule has 176 valence electrons. The number of amides is 1. The zero-order valence-electron chi connectivity index (χ0n) is 18.8. The van der Waals surface area contributed by atoms with E-state index < -0.39 is 23.5 Å². The highest BCUT2D eigenvalue weighted by atomic mass is 35.5. The minimum Gasteiger partial charge on any atom is -0.507 e. The van der Waals surface area contributed by atoms with Gasteiger partial charge in [-0.2, -0.15) is 0 Å². The lowest BCUT2D eigenvalue weighted by molar-refractivity contribution is -0.132. The van der Waals surface area contributed by atoms with Crippen LogP contribution in [-0.2, 0) is 9.59 Å². The minimum absolute atomic E-state index is 0.138. The Kier molecular flexibility index (Phi) is 5.70. The number of fused-ring (bicyclic) bond motifs is 1. The highest BCUT2D eigenvalue weighted by molar-refractivity contribution is 6.52. The number of Topliss-reactive ketones (excluding diaryl/α,β-unsaturated/α-hetero) is 1. The molecule has 2 heterocycles. The molecule has 0 bridgehead atoms. The number of benzene rings is 3. The van der Waals surface area contributed by atoms with E-state index >= 15 is 0 Å². The number of carbonyl (C=O) groups is 2. The van der Waals surface area contributed by atoms with Crippen LogP contribution >= 0.6 is 11.6 Å². The highest BCUT2D eigenvalue weighted by Crippen LogP contribution is 2.46. The number of aliphatic hydroxyl groups is 1. The lowest BCUT2D eigenvalue weighted by Crippen LogP contribution is -2.29. The number of halogens is 1. The maximum Gasteiger partial charge on any atom is 0.300 e. The normalized spacial score (nSPS) is 17.2. The number of rotatable bonds is 5. The predicted molar refractivity (Wildman–Crippen MR) is 132 cm³/mol. The number of aliphatic hydroxyl groups excluding tert-OH is 1. The van der Waals surface area contributed by atoms with E-state index in [2.05, 4.69) is 0 Å². The molecule has 1 unspecified atom stereocenters. The first-order chi connectivity index (χ1) is 17.0. The summed E-state index contributed by atoms with van der Waals surface area (Å²) in [4.78, 5) is 28.2. The number of hydrogen-bond acceptors (Lipinski definition) is 6. The van der Waals surface area contributed by atoms with Crippen LogP contribution in [0.4, 0.5) is 5.69 Å². The fourth-order valence-corrected chi connectivity index (χ4v) is 4.64. The van der Waals surface area contributed by atoms with Gasteiger partial charge in [-0.15, -0.1) is 0 Å². The molecule has 0 aliphatic carbocycles. The quantitative estimate of drug-likeness (QED) is 0.219. The average Bonchev–Trinajstić information content (AvgIpc) is 3.50. The Hall–Kier alpha value is -4.23. The van der Waals surface area contributed by atoms with Crippen LogP contribution in [0.2, 0.25) is 5.02 Å². The Morgan fingerprint density at radius 3 is 2.43 bits per heavy atom. The van der Waals surface area contributed by atoms with Crippen molar-refractivity contribution >= 4 is 45.5 Å². The minimum atomic E-state index is -1.01. The van der Waals surface area contributed by atoms with Gasteiger partial charge < -0.3 is 19.0 Å². The molecule has 1 saturated heterocycles. The van der Waals surface area contributed by atoms with Gasteiger partial charge in [0.25, 0.3) is 11.7 Å². The van der Waals surface area contributed by atoms with E-state index in [0.717, 1.165) is 10.8 Å². The van der Waals surface area contributed by atoms with Gasteiger partial charge in [-0.1, -0.05) is 48.0 Å². The standard InChI is InChI=1S/C27H20ClNO6/c1-33-21-14-18(28)22(34-2)13-17(21)25(30)23-24(20-11-6-12-35-20)29(27(32)26(23)31)19-10-5-8-15-7-3-4-9-16(15)19/h3-14,24,30H,1-2H3/b25-23+. The molecule has 5 rings (SSSR count). The van der Waals surface area contributed by atoms with Gasteiger partial charge in [-0.05, 0) is 29.7 Å². The third kappa shape index (κ3) is 3.61. The molecule has 0 radical (unpaired) electrons. The van der Waals surface area contributed by atoms with Crippen LogP contribution in [-0.4, -0.2) is 31.0 Å². The van der Waals surface area contributed by atoms with Crippen LogP contribution in [0.1, 0.15) is 17.4 Å². The van der Waals surface area contributed by atoms with Gasteiger partial charge in [0, 0.05) is 11.5 Å². The molecule has 1 N–H and O–H groups in total. The number of furan rings is 1. The van der Waals surface area contributed by atoms with Crippen molar-refractivity contribution < 1.29 is 28.6 Å². The molecule has 1 aliphatic rings. The Bertz CT molecular complexity index is 1490. The van der Waals surface area contributed by atoms with E-state index in [-0.39, 0.29) is 27.7 Å². The summed E-state index contributed by atoms with van der Waals surface area (Å²) < 4.78 is 16.3. The van der Waals surface area contributed by atoms with E-state index in [1.165, 1.54) is 37.5 Å². The van der Waals surface area contributed by atoms with Crippen molar-refractivity contribution in [3.63, 3.8) is 0 Å². The summed E-state index contributed by atoms with van der Waals surface area (Å²) >= 11 is 6.22. The number of ketones is 1. The van der Waals surface area contributed by atoms with E-state index in [9.17, 15) is 14.7 Å². The second-order valence-corrected chi connectivity index (χ2v) is 8.28. The monoisotopic (exact) mass is 489 g/mol. The molecular formula is C27H20ClNO6. The van der Waals surface area contributed by atoms with Crippen molar-refractivity contribution in [1.82, 2.24) is 0 Å². The predicted octanol–water partition coefficient (Wildman–Crippen LogP) is 5.73.